The fourth-order valence-electron chi connectivity index (χ4n) is 9.51. The van der Waals surface area contributed by atoms with Crippen molar-refractivity contribution >= 4 is 71.1 Å². The first kappa shape index (κ1) is 45.8. The number of hydrogen-bond acceptors (Lipinski definition) is 3. The molecule has 9 aromatic rings. The van der Waals surface area contributed by atoms with Crippen LogP contribution in [-0.2, 0) is 22.9 Å². The Morgan fingerprint density at radius 1 is 0.269 bits per heavy atom. The van der Waals surface area contributed by atoms with Crippen LogP contribution in [0.2, 0.25) is 0 Å². The summed E-state index contributed by atoms with van der Waals surface area (Å²) in [5.74, 6) is -3.24. The van der Waals surface area contributed by atoms with Crippen LogP contribution in [-0.4, -0.2) is 27.1 Å². The maximum absolute atomic E-state index is 15.4. The van der Waals surface area contributed by atoms with E-state index in [4.69, 9.17) is 10.1 Å². The number of benzene rings is 9. The number of halogens is 6. The van der Waals surface area contributed by atoms with Gasteiger partial charge >= 0.3 is 392 Å². The van der Waals surface area contributed by atoms with Gasteiger partial charge in [0.15, 0.2) is 0 Å². The van der Waals surface area contributed by atoms with Gasteiger partial charge in [-0.1, -0.05) is 0 Å². The molecule has 0 aromatic heterocycles. The van der Waals surface area contributed by atoms with Crippen LogP contribution in [0.25, 0.3) is 0 Å². The van der Waals surface area contributed by atoms with Crippen LogP contribution in [0.1, 0.15) is 0 Å². The molecule has 0 spiro atoms. The predicted molar refractivity (Wildman–Crippen MR) is 259 cm³/mol. The summed E-state index contributed by atoms with van der Waals surface area (Å²) in [5, 5.41) is 2.75. The molecule has 335 valence electrons. The van der Waals surface area contributed by atoms with Gasteiger partial charge < -0.3 is 0 Å². The van der Waals surface area contributed by atoms with Crippen LogP contribution in [0.15, 0.2) is 237 Å². The summed E-state index contributed by atoms with van der Waals surface area (Å²) in [6, 6.07) is 62.8. The third kappa shape index (κ3) is 7.32. The van der Waals surface area contributed by atoms with E-state index in [2.05, 4.69) is 0 Å². The molecule has 9 aromatic carbocycles. The van der Waals surface area contributed by atoms with Crippen molar-refractivity contribution in [3.63, 3.8) is 0 Å². The summed E-state index contributed by atoms with van der Waals surface area (Å²) in [6.45, 7) is 0. The third-order valence-electron chi connectivity index (χ3n) is 12.6. The van der Waals surface area contributed by atoms with Crippen molar-refractivity contribution < 1.29 is 49.2 Å². The summed E-state index contributed by atoms with van der Waals surface area (Å²) in [7, 11) is -9.29. The molecule has 9 rings (SSSR count). The van der Waals surface area contributed by atoms with Crippen molar-refractivity contribution in [2.75, 3.05) is 0 Å². The van der Waals surface area contributed by atoms with Crippen molar-refractivity contribution in [3.05, 3.63) is 271 Å². The molecular weight excluding hydrogens is 946 g/mol. The zero-order valence-corrected chi connectivity index (χ0v) is 41.4. The molecule has 13 heteroatoms. The van der Waals surface area contributed by atoms with E-state index >= 15 is 26.3 Å². The van der Waals surface area contributed by atoms with Gasteiger partial charge in [0.2, 0.25) is 0 Å². The molecule has 0 saturated carbocycles. The summed E-state index contributed by atoms with van der Waals surface area (Å²) < 4.78 is 119. The Balaban J connectivity index is 1.63. The van der Waals surface area contributed by atoms with Gasteiger partial charge in [-0.2, -0.15) is 0 Å². The van der Waals surface area contributed by atoms with Gasteiger partial charge in [-0.05, 0) is 0 Å². The van der Waals surface area contributed by atoms with Crippen molar-refractivity contribution in [1.29, 1.82) is 0 Å². The van der Waals surface area contributed by atoms with Crippen molar-refractivity contribution in [3.8, 4) is 0 Å². The van der Waals surface area contributed by atoms with E-state index in [1.165, 1.54) is 72.8 Å². The molecule has 0 aliphatic heterocycles. The molecule has 0 amide bonds. The minimum atomic E-state index is -7.69. The van der Waals surface area contributed by atoms with E-state index < -0.39 is 64.4 Å². The van der Waals surface area contributed by atoms with Crippen LogP contribution >= 0.6 is 0 Å². The van der Waals surface area contributed by atoms with E-state index in [0.29, 0.717) is 43.9 Å². The van der Waals surface area contributed by atoms with E-state index in [1.807, 2.05) is 91.0 Å². The van der Waals surface area contributed by atoms with Gasteiger partial charge in [0.1, 0.15) is 0 Å². The summed E-state index contributed by atoms with van der Waals surface area (Å²) >= 11 is -7.69. The number of rotatable bonds is 14. The van der Waals surface area contributed by atoms with Crippen LogP contribution < -0.4 is 43.9 Å². The van der Waals surface area contributed by atoms with Crippen molar-refractivity contribution in [2.45, 2.75) is 0 Å². The molecule has 67 heavy (non-hydrogen) atoms. The predicted octanol–water partition coefficient (Wildman–Crippen LogP) is 6.43. The van der Waals surface area contributed by atoms with Gasteiger partial charge in [-0.15, -0.1) is 0 Å². The maximum atomic E-state index is 15.4. The molecule has 0 bridgehead atoms. The van der Waals surface area contributed by atoms with Crippen molar-refractivity contribution in [2.24, 2.45) is 0 Å². The van der Waals surface area contributed by atoms with E-state index in [0.717, 1.165) is 0 Å². The molecule has 0 radical (unpaired) electrons. The van der Waals surface area contributed by atoms with Crippen LogP contribution in [0.4, 0.5) is 26.3 Å². The second-order valence-electron chi connectivity index (χ2n) is 16.2. The Morgan fingerprint density at radius 3 is 0.612 bits per heavy atom. The first-order valence-electron chi connectivity index (χ1n) is 21.3. The zero-order valence-electron chi connectivity index (χ0n) is 36.0. The first-order chi connectivity index (χ1) is 32.4. The SMILES string of the molecule is Fc1ccc([Si]([O][V]([O][SiH3])([O][Si](c2ccc(F)cc2)(c2ccc(F)cc2)c2ccc(F)cc2)([c]2ccccc2)([c]2ccccc2)[c]2ccccc2)(c2ccc(F)cc2)c2ccc(F)cc2)cc1. The second kappa shape index (κ2) is 17.7. The molecule has 0 unspecified atom stereocenters. The Labute approximate surface area is 389 Å². The fourth-order valence-corrected chi connectivity index (χ4v) is 42.0. The van der Waals surface area contributed by atoms with Gasteiger partial charge in [-0.3, -0.25) is 0 Å². The molecule has 0 heterocycles. The van der Waals surface area contributed by atoms with Crippen LogP contribution in [0.5, 0.6) is 0 Å². The Hall–Kier alpha value is -6.32. The average Bonchev–Trinajstić information content (AvgIpc) is 3.37. The summed E-state index contributed by atoms with van der Waals surface area (Å²) in [4.78, 5) is 0. The quantitative estimate of drug-likeness (QED) is 0.0715. The Kier molecular flexibility index (Phi) is 12.1. The first-order valence-corrected chi connectivity index (χ1v) is 29.8. The van der Waals surface area contributed by atoms with E-state index in [1.54, 1.807) is 72.8 Å². The van der Waals surface area contributed by atoms with Crippen LogP contribution in [0.3, 0.4) is 0 Å². The molecule has 0 aliphatic carbocycles. The molecule has 0 aliphatic rings. The molecule has 0 N–H and O–H groups in total. The topological polar surface area (TPSA) is 27.7 Å². The minimum absolute atomic E-state index is 0.136. The summed E-state index contributed by atoms with van der Waals surface area (Å²) in [5.41, 5.74) is 0. The molecule has 0 saturated heterocycles. The average molecular weight is 988 g/mol. The monoisotopic (exact) mass is 987 g/mol. The normalized spacial score (nSPS) is 13.2. The molecule has 3 nitrogen and oxygen atoms in total. The Morgan fingerprint density at radius 2 is 0.448 bits per heavy atom. The fraction of sp³-hybridized carbons (Fsp3) is 0. The van der Waals surface area contributed by atoms with Gasteiger partial charge in [0, 0.05) is 0 Å². The molecule has 0 atom stereocenters. The Bertz CT molecular complexity index is 2660. The van der Waals surface area contributed by atoms with Crippen LogP contribution in [0, 0.1) is 34.9 Å². The van der Waals surface area contributed by atoms with Crippen molar-refractivity contribution in [1.82, 2.24) is 0 Å². The summed E-state index contributed by atoms with van der Waals surface area (Å²) in [6.07, 6.45) is 0. The van der Waals surface area contributed by atoms with Gasteiger partial charge in [0.05, 0.1) is 0 Å². The molecular formula is C54H42F6O3Si3V. The second-order valence-corrected chi connectivity index (χ2v) is 33.2. The van der Waals surface area contributed by atoms with Gasteiger partial charge in [0.25, 0.3) is 0 Å². The number of hydrogen-bond donors (Lipinski definition) is 0. The van der Waals surface area contributed by atoms with E-state index in [-0.39, 0.29) is 10.5 Å². The van der Waals surface area contributed by atoms with Gasteiger partial charge in [-0.25, -0.2) is 0 Å². The third-order valence-corrected chi connectivity index (χ3v) is 39.0. The molecule has 0 fully saturated rings. The standard InChI is InChI=1S/2C18H12F3OSi.3C6H5.H3OSi.V/c2*19-13-1-7-16(8-2-13)23(22,17-9-3-14(20)4-10-17)18-11-5-15(21)6-12-18;3*1-2-4-6-5-3-1;1-2;/h2*1-12H;3*1-5H;2H3;/q2*-1;;;;-1;+3. The van der Waals surface area contributed by atoms with E-state index in [9.17, 15) is 0 Å². The zero-order chi connectivity index (χ0) is 46.8.